The van der Waals surface area contributed by atoms with Crippen LogP contribution < -0.4 is 0 Å². The van der Waals surface area contributed by atoms with Crippen LogP contribution in [0.5, 0.6) is 0 Å². The topological polar surface area (TPSA) is 37.3 Å². The number of carboxylic acids is 1. The van der Waals surface area contributed by atoms with E-state index in [0.29, 0.717) is 5.92 Å². The molecule has 1 N–H and O–H groups in total. The highest BCUT2D eigenvalue weighted by atomic mass is 16.4. The summed E-state index contributed by atoms with van der Waals surface area (Å²) in [7, 11) is 0. The minimum atomic E-state index is -0.887. The van der Waals surface area contributed by atoms with Crippen LogP contribution in [0.4, 0.5) is 0 Å². The van der Waals surface area contributed by atoms with Crippen molar-refractivity contribution in [1.29, 1.82) is 0 Å². The van der Waals surface area contributed by atoms with Gasteiger partial charge in [0.15, 0.2) is 0 Å². The lowest BCUT2D eigenvalue weighted by molar-refractivity contribution is -0.131. The van der Waals surface area contributed by atoms with Crippen molar-refractivity contribution in [2.24, 2.45) is 5.92 Å². The summed E-state index contributed by atoms with van der Waals surface area (Å²) >= 11 is 0. The molecule has 1 aromatic carbocycles. The van der Waals surface area contributed by atoms with Crippen molar-refractivity contribution in [2.45, 2.75) is 33.6 Å². The van der Waals surface area contributed by atoms with E-state index in [1.54, 1.807) is 0 Å². The second kappa shape index (κ2) is 5.67. The van der Waals surface area contributed by atoms with E-state index in [1.165, 1.54) is 11.6 Å². The summed E-state index contributed by atoms with van der Waals surface area (Å²) in [5.74, 6) is -0.187. The van der Waals surface area contributed by atoms with E-state index in [2.05, 4.69) is 26.0 Å². The van der Waals surface area contributed by atoms with Crippen LogP contribution in [0.2, 0.25) is 0 Å². The quantitative estimate of drug-likeness (QED) is 0.798. The highest BCUT2D eigenvalue weighted by Gasteiger charge is 2.09. The Balaban J connectivity index is 3.08. The minimum absolute atomic E-state index is 0.205. The molecule has 0 fully saturated rings. The average Bonchev–Trinajstić information content (AvgIpc) is 2.25. The van der Waals surface area contributed by atoms with Crippen molar-refractivity contribution < 1.29 is 9.90 Å². The fraction of sp³-hybridized carbons (Fsp3) is 0.400. The van der Waals surface area contributed by atoms with Gasteiger partial charge in [0, 0.05) is 6.08 Å². The van der Waals surface area contributed by atoms with Crippen molar-refractivity contribution in [2.75, 3.05) is 0 Å². The molecule has 0 spiro atoms. The molecule has 0 aliphatic rings. The molecule has 2 nitrogen and oxygen atoms in total. The van der Waals surface area contributed by atoms with Crippen LogP contribution in [0.1, 0.15) is 44.7 Å². The zero-order valence-corrected chi connectivity index (χ0v) is 10.9. The number of rotatable bonds is 4. The lowest BCUT2D eigenvalue weighted by Crippen LogP contribution is -1.99. The Kier molecular flexibility index (Phi) is 4.50. The summed E-state index contributed by atoms with van der Waals surface area (Å²) in [6.07, 6.45) is 1.30. The summed E-state index contributed by atoms with van der Waals surface area (Å²) in [5, 5.41) is 8.86. The first-order valence-electron chi connectivity index (χ1n) is 5.96. The van der Waals surface area contributed by atoms with Gasteiger partial charge < -0.3 is 5.11 Å². The van der Waals surface area contributed by atoms with E-state index < -0.39 is 5.97 Å². The van der Waals surface area contributed by atoms with Crippen molar-refractivity contribution >= 4 is 11.5 Å². The standard InChI is InChI=1S/C15H20O2/c1-10(2)12-5-7-13(8-6-12)14(11(3)4)9-15(16)17/h5-11H,1-4H3,(H,16,17)/b14-9+. The summed E-state index contributed by atoms with van der Waals surface area (Å²) in [4.78, 5) is 10.8. The summed E-state index contributed by atoms with van der Waals surface area (Å²) < 4.78 is 0. The van der Waals surface area contributed by atoms with Crippen LogP contribution >= 0.6 is 0 Å². The lowest BCUT2D eigenvalue weighted by Gasteiger charge is -2.12. The van der Waals surface area contributed by atoms with Gasteiger partial charge in [-0.15, -0.1) is 0 Å². The van der Waals surface area contributed by atoms with Gasteiger partial charge in [0.25, 0.3) is 0 Å². The molecule has 2 heteroatoms. The van der Waals surface area contributed by atoms with E-state index in [0.717, 1.165) is 11.1 Å². The first-order valence-corrected chi connectivity index (χ1v) is 5.96. The molecule has 92 valence electrons. The zero-order valence-electron chi connectivity index (χ0n) is 10.9. The number of aliphatic carboxylic acids is 1. The second-order valence-electron chi connectivity index (χ2n) is 4.87. The molecule has 1 aromatic rings. The van der Waals surface area contributed by atoms with Crippen LogP contribution in [-0.2, 0) is 4.79 Å². The number of hydrogen-bond acceptors (Lipinski definition) is 1. The molecule has 0 bridgehead atoms. The largest absolute Gasteiger partial charge is 0.478 e. The molecular weight excluding hydrogens is 212 g/mol. The van der Waals surface area contributed by atoms with Gasteiger partial charge in [-0.2, -0.15) is 0 Å². The molecule has 0 aromatic heterocycles. The zero-order chi connectivity index (χ0) is 13.0. The normalized spacial score (nSPS) is 12.2. The first-order chi connectivity index (χ1) is 7.91. The maximum Gasteiger partial charge on any atom is 0.328 e. The molecular formula is C15H20O2. The maximum absolute atomic E-state index is 10.8. The Morgan fingerprint density at radius 1 is 1.12 bits per heavy atom. The third-order valence-electron chi connectivity index (χ3n) is 2.81. The molecule has 0 unspecified atom stereocenters. The van der Waals surface area contributed by atoms with E-state index in [9.17, 15) is 4.79 Å². The third kappa shape index (κ3) is 3.74. The van der Waals surface area contributed by atoms with E-state index in [1.807, 2.05) is 26.0 Å². The van der Waals surface area contributed by atoms with Crippen molar-refractivity contribution in [3.8, 4) is 0 Å². The Bertz CT molecular complexity index is 411. The van der Waals surface area contributed by atoms with Crippen molar-refractivity contribution in [3.63, 3.8) is 0 Å². The molecule has 17 heavy (non-hydrogen) atoms. The van der Waals surface area contributed by atoms with E-state index in [-0.39, 0.29) is 5.92 Å². The van der Waals surface area contributed by atoms with Crippen LogP contribution in [0.15, 0.2) is 30.3 Å². The average molecular weight is 232 g/mol. The summed E-state index contributed by atoms with van der Waals surface area (Å²) in [5.41, 5.74) is 3.13. The number of carboxylic acid groups (broad SMARTS) is 1. The lowest BCUT2D eigenvalue weighted by atomic mass is 9.92. The summed E-state index contributed by atoms with van der Waals surface area (Å²) in [6, 6.07) is 8.14. The van der Waals surface area contributed by atoms with Gasteiger partial charge in [0.2, 0.25) is 0 Å². The molecule has 0 radical (unpaired) electrons. The Morgan fingerprint density at radius 3 is 2.00 bits per heavy atom. The number of carbonyl (C=O) groups is 1. The second-order valence-corrected chi connectivity index (χ2v) is 4.87. The van der Waals surface area contributed by atoms with Gasteiger partial charge >= 0.3 is 5.97 Å². The molecule has 0 saturated carbocycles. The van der Waals surface area contributed by atoms with Crippen LogP contribution in [0.3, 0.4) is 0 Å². The van der Waals surface area contributed by atoms with Gasteiger partial charge in [-0.25, -0.2) is 4.79 Å². The van der Waals surface area contributed by atoms with Gasteiger partial charge in [-0.3, -0.25) is 0 Å². The molecule has 0 atom stereocenters. The van der Waals surface area contributed by atoms with Crippen LogP contribution in [0, 0.1) is 5.92 Å². The minimum Gasteiger partial charge on any atom is -0.478 e. The molecule has 0 saturated heterocycles. The molecule has 0 amide bonds. The van der Waals surface area contributed by atoms with E-state index >= 15 is 0 Å². The molecule has 1 rings (SSSR count). The van der Waals surface area contributed by atoms with Gasteiger partial charge in [-0.05, 0) is 28.5 Å². The van der Waals surface area contributed by atoms with Crippen molar-refractivity contribution in [3.05, 3.63) is 41.5 Å². The highest BCUT2D eigenvalue weighted by Crippen LogP contribution is 2.24. The SMILES string of the molecule is CC(C)/C(=C\C(=O)O)c1ccc(C(C)C)cc1. The van der Waals surface area contributed by atoms with E-state index in [4.69, 9.17) is 5.11 Å². The Hall–Kier alpha value is -1.57. The fourth-order valence-electron chi connectivity index (χ4n) is 1.78. The predicted molar refractivity (Wildman–Crippen MR) is 71.0 cm³/mol. The molecule has 0 heterocycles. The number of hydrogen-bond donors (Lipinski definition) is 1. The summed E-state index contributed by atoms with van der Waals surface area (Å²) in [6.45, 7) is 8.30. The smallest absolute Gasteiger partial charge is 0.328 e. The van der Waals surface area contributed by atoms with Crippen LogP contribution in [0.25, 0.3) is 5.57 Å². The van der Waals surface area contributed by atoms with Crippen LogP contribution in [-0.4, -0.2) is 11.1 Å². The van der Waals surface area contributed by atoms with Gasteiger partial charge in [0.1, 0.15) is 0 Å². The third-order valence-corrected chi connectivity index (χ3v) is 2.81. The predicted octanol–water partition coefficient (Wildman–Crippen LogP) is 3.93. The Labute approximate surface area is 103 Å². The van der Waals surface area contributed by atoms with Gasteiger partial charge in [0.05, 0.1) is 0 Å². The number of allylic oxidation sites excluding steroid dienone is 1. The molecule has 0 aliphatic heterocycles. The van der Waals surface area contributed by atoms with Crippen molar-refractivity contribution in [1.82, 2.24) is 0 Å². The number of benzene rings is 1. The first kappa shape index (κ1) is 13.5. The van der Waals surface area contributed by atoms with Gasteiger partial charge in [-0.1, -0.05) is 52.0 Å². The monoisotopic (exact) mass is 232 g/mol. The Morgan fingerprint density at radius 2 is 1.65 bits per heavy atom. The maximum atomic E-state index is 10.8. The fourth-order valence-corrected chi connectivity index (χ4v) is 1.78. The molecule has 0 aliphatic carbocycles. The highest BCUT2D eigenvalue weighted by molar-refractivity contribution is 5.90.